The van der Waals surface area contributed by atoms with E-state index in [0.717, 1.165) is 25.9 Å². The van der Waals surface area contributed by atoms with Crippen molar-refractivity contribution in [1.82, 2.24) is 4.90 Å². The largest absolute Gasteiger partial charge is 0.339 e. The number of rotatable bonds is 4. The van der Waals surface area contributed by atoms with E-state index in [1.54, 1.807) is 24.3 Å². The molecule has 0 saturated carbocycles. The van der Waals surface area contributed by atoms with E-state index in [4.69, 9.17) is 0 Å². The number of hydrogen-bond donors (Lipinski definition) is 0. The van der Waals surface area contributed by atoms with Crippen molar-refractivity contribution in [2.75, 3.05) is 19.3 Å². The number of likely N-dealkylation sites (tertiary alicyclic amines) is 1. The minimum atomic E-state index is -3.09. The Morgan fingerprint density at radius 3 is 2.65 bits per heavy atom. The zero-order valence-corrected chi connectivity index (χ0v) is 15.1. The van der Waals surface area contributed by atoms with Crippen LogP contribution in [0, 0.1) is 11.8 Å². The minimum Gasteiger partial charge on any atom is -0.339 e. The first-order valence-electron chi connectivity index (χ1n) is 8.32. The van der Waals surface area contributed by atoms with Gasteiger partial charge in [-0.25, -0.2) is 8.42 Å². The number of carbonyl (C=O) groups excluding carboxylic acids is 1. The minimum absolute atomic E-state index is 0.0183. The van der Waals surface area contributed by atoms with Crippen molar-refractivity contribution >= 4 is 15.7 Å². The van der Waals surface area contributed by atoms with Gasteiger partial charge in [0.15, 0.2) is 9.84 Å². The lowest BCUT2D eigenvalue weighted by Crippen LogP contribution is -2.32. The van der Waals surface area contributed by atoms with Crippen LogP contribution in [0.4, 0.5) is 0 Å². The van der Waals surface area contributed by atoms with Crippen LogP contribution in [0.1, 0.15) is 49.0 Å². The van der Waals surface area contributed by atoms with Crippen LogP contribution in [0.15, 0.2) is 24.3 Å². The maximum absolute atomic E-state index is 12.7. The van der Waals surface area contributed by atoms with Crippen LogP contribution in [0.2, 0.25) is 0 Å². The topological polar surface area (TPSA) is 54.5 Å². The molecule has 1 aromatic rings. The Kier molecular flexibility index (Phi) is 5.84. The zero-order valence-electron chi connectivity index (χ0n) is 14.3. The predicted molar refractivity (Wildman–Crippen MR) is 93.1 cm³/mol. The van der Waals surface area contributed by atoms with Crippen molar-refractivity contribution in [3.05, 3.63) is 35.4 Å². The van der Waals surface area contributed by atoms with Gasteiger partial charge >= 0.3 is 0 Å². The zero-order chi connectivity index (χ0) is 17.0. The van der Waals surface area contributed by atoms with E-state index in [9.17, 15) is 13.2 Å². The first-order chi connectivity index (χ1) is 10.8. The fourth-order valence-electron chi connectivity index (χ4n) is 3.27. The van der Waals surface area contributed by atoms with Crippen molar-refractivity contribution in [2.45, 2.75) is 38.9 Å². The summed E-state index contributed by atoms with van der Waals surface area (Å²) in [6.07, 6.45) is 4.47. The summed E-state index contributed by atoms with van der Waals surface area (Å²) in [6.45, 7) is 6.07. The summed E-state index contributed by atoms with van der Waals surface area (Å²) in [5, 5.41) is 0. The van der Waals surface area contributed by atoms with E-state index < -0.39 is 9.84 Å². The number of sulfone groups is 1. The Bertz CT molecular complexity index is 652. The molecule has 1 fully saturated rings. The Morgan fingerprint density at radius 1 is 1.26 bits per heavy atom. The highest BCUT2D eigenvalue weighted by Gasteiger charge is 2.23. The van der Waals surface area contributed by atoms with Crippen molar-refractivity contribution in [1.29, 1.82) is 0 Å². The first-order valence-corrected chi connectivity index (χ1v) is 10.4. The Hall–Kier alpha value is -1.36. The van der Waals surface area contributed by atoms with Crippen LogP contribution in [-0.4, -0.2) is 38.6 Å². The molecule has 0 unspecified atom stereocenters. The molecular weight excluding hydrogens is 310 g/mol. The second-order valence-corrected chi connectivity index (χ2v) is 9.14. The summed E-state index contributed by atoms with van der Waals surface area (Å²) in [5.74, 6) is 1.33. The molecule has 0 radical (unpaired) electrons. The van der Waals surface area contributed by atoms with Gasteiger partial charge in [0.25, 0.3) is 5.91 Å². The molecule has 1 aliphatic rings. The highest BCUT2D eigenvalue weighted by molar-refractivity contribution is 7.89. The van der Waals surface area contributed by atoms with E-state index in [1.807, 2.05) is 4.90 Å². The highest BCUT2D eigenvalue weighted by atomic mass is 32.2. The lowest BCUT2D eigenvalue weighted by Gasteiger charge is -2.22. The molecule has 1 aliphatic heterocycles. The monoisotopic (exact) mass is 337 g/mol. The lowest BCUT2D eigenvalue weighted by atomic mass is 9.89. The predicted octanol–water partition coefficient (Wildman–Crippen LogP) is 3.13. The number of hydrogen-bond acceptors (Lipinski definition) is 3. The number of nitrogens with zero attached hydrogens (tertiary/aromatic N) is 1. The second-order valence-electron chi connectivity index (χ2n) is 7.00. The summed E-state index contributed by atoms with van der Waals surface area (Å²) in [4.78, 5) is 14.6. The molecule has 1 amide bonds. The summed E-state index contributed by atoms with van der Waals surface area (Å²) in [6, 6.07) is 7.02. The van der Waals surface area contributed by atoms with Crippen molar-refractivity contribution in [2.24, 2.45) is 11.8 Å². The molecule has 0 aliphatic carbocycles. The Morgan fingerprint density at radius 2 is 2.00 bits per heavy atom. The number of amides is 1. The Labute approximate surface area is 139 Å². The smallest absolute Gasteiger partial charge is 0.253 e. The van der Waals surface area contributed by atoms with E-state index >= 15 is 0 Å². The van der Waals surface area contributed by atoms with Crippen LogP contribution in [-0.2, 0) is 15.6 Å². The van der Waals surface area contributed by atoms with Gasteiger partial charge in [0.2, 0.25) is 0 Å². The van der Waals surface area contributed by atoms with Gasteiger partial charge in [0, 0.05) is 24.9 Å². The van der Waals surface area contributed by atoms with Crippen molar-refractivity contribution in [3.8, 4) is 0 Å². The van der Waals surface area contributed by atoms with E-state index in [2.05, 4.69) is 13.8 Å². The van der Waals surface area contributed by atoms with Crippen molar-refractivity contribution in [3.63, 3.8) is 0 Å². The fraction of sp³-hybridized carbons (Fsp3) is 0.611. The summed E-state index contributed by atoms with van der Waals surface area (Å²) in [7, 11) is -3.09. The molecule has 1 saturated heterocycles. The highest BCUT2D eigenvalue weighted by Crippen LogP contribution is 2.25. The normalized spacial score (nSPS) is 19.7. The molecule has 23 heavy (non-hydrogen) atoms. The van der Waals surface area contributed by atoms with Crippen molar-refractivity contribution < 1.29 is 13.2 Å². The molecule has 4 nitrogen and oxygen atoms in total. The SMILES string of the molecule is CC(C)[C@H]1CCCN(C(=O)c2cccc(CS(C)(=O)=O)c2)CC1. The number of carbonyl (C=O) groups is 1. The summed E-state index contributed by atoms with van der Waals surface area (Å²) >= 11 is 0. The molecule has 0 bridgehead atoms. The molecule has 0 aromatic heterocycles. The van der Waals surface area contributed by atoms with Crippen LogP contribution in [0.3, 0.4) is 0 Å². The van der Waals surface area contributed by atoms with Gasteiger partial charge in [-0.3, -0.25) is 4.79 Å². The van der Waals surface area contributed by atoms with Crippen LogP contribution in [0.5, 0.6) is 0 Å². The average molecular weight is 337 g/mol. The van der Waals surface area contributed by atoms with E-state index in [1.165, 1.54) is 12.7 Å². The van der Waals surface area contributed by atoms with Crippen LogP contribution >= 0.6 is 0 Å². The average Bonchev–Trinajstić information content (AvgIpc) is 2.71. The number of benzene rings is 1. The Balaban J connectivity index is 2.09. The lowest BCUT2D eigenvalue weighted by molar-refractivity contribution is 0.0758. The maximum Gasteiger partial charge on any atom is 0.253 e. The van der Waals surface area contributed by atoms with Gasteiger partial charge < -0.3 is 4.90 Å². The van der Waals surface area contributed by atoms with Crippen LogP contribution in [0.25, 0.3) is 0 Å². The van der Waals surface area contributed by atoms with Gasteiger partial charge in [-0.15, -0.1) is 0 Å². The molecule has 5 heteroatoms. The molecule has 1 heterocycles. The molecule has 0 N–H and O–H groups in total. The quantitative estimate of drug-likeness (QED) is 0.848. The van der Waals surface area contributed by atoms with Gasteiger partial charge in [0.05, 0.1) is 5.75 Å². The summed E-state index contributed by atoms with van der Waals surface area (Å²) in [5.41, 5.74) is 1.27. The second kappa shape index (κ2) is 7.47. The molecule has 128 valence electrons. The van der Waals surface area contributed by atoms with Crippen LogP contribution < -0.4 is 0 Å². The van der Waals surface area contributed by atoms with Gasteiger partial charge in [-0.05, 0) is 48.8 Å². The molecule has 1 aromatic carbocycles. The first kappa shape index (κ1) is 18.0. The molecule has 0 spiro atoms. The third-order valence-electron chi connectivity index (χ3n) is 4.61. The third kappa shape index (κ3) is 5.34. The molecule has 2 rings (SSSR count). The molecular formula is C18H27NO3S. The third-order valence-corrected chi connectivity index (χ3v) is 5.46. The maximum atomic E-state index is 12.7. The van der Waals surface area contributed by atoms with E-state index in [0.29, 0.717) is 23.0 Å². The summed E-state index contributed by atoms with van der Waals surface area (Å²) < 4.78 is 22.9. The molecule has 1 atom stereocenters. The fourth-order valence-corrected chi connectivity index (χ4v) is 4.06. The standard InChI is InChI=1S/C18H27NO3S/c1-14(2)16-8-5-10-19(11-9-16)18(20)17-7-4-6-15(12-17)13-23(3,21)22/h4,6-7,12,14,16H,5,8-11,13H2,1-3H3/t16-/m0/s1. The van der Waals surface area contributed by atoms with Gasteiger partial charge in [0.1, 0.15) is 0 Å². The van der Waals surface area contributed by atoms with Gasteiger partial charge in [-0.1, -0.05) is 26.0 Å². The van der Waals surface area contributed by atoms with Gasteiger partial charge in [-0.2, -0.15) is 0 Å². The van der Waals surface area contributed by atoms with E-state index in [-0.39, 0.29) is 11.7 Å².